The summed E-state index contributed by atoms with van der Waals surface area (Å²) in [4.78, 5) is 5.81. The summed E-state index contributed by atoms with van der Waals surface area (Å²) in [7, 11) is 6.52. The molecule has 1 aliphatic carbocycles. The number of hydrogen-bond donors (Lipinski definition) is 1. The SMILES string of the molecule is CSc1c(N)nsc1N(C)CC1(N(C)C)CCC1. The molecule has 1 heterocycles. The van der Waals surface area contributed by atoms with Crippen molar-refractivity contribution in [1.82, 2.24) is 9.27 Å². The van der Waals surface area contributed by atoms with E-state index in [0.717, 1.165) is 11.4 Å². The highest BCUT2D eigenvalue weighted by Gasteiger charge is 2.40. The van der Waals surface area contributed by atoms with Crippen LogP contribution >= 0.6 is 23.3 Å². The fourth-order valence-corrected chi connectivity index (χ4v) is 4.24. The highest BCUT2D eigenvalue weighted by Crippen LogP contribution is 2.41. The van der Waals surface area contributed by atoms with Crippen molar-refractivity contribution in [1.29, 1.82) is 0 Å². The van der Waals surface area contributed by atoms with E-state index in [1.165, 1.54) is 35.8 Å². The summed E-state index contributed by atoms with van der Waals surface area (Å²) in [5.41, 5.74) is 6.24. The Morgan fingerprint density at radius 3 is 2.50 bits per heavy atom. The minimum atomic E-state index is 0.336. The van der Waals surface area contributed by atoms with Crippen molar-refractivity contribution < 1.29 is 0 Å². The lowest BCUT2D eigenvalue weighted by molar-refractivity contribution is 0.0683. The topological polar surface area (TPSA) is 45.4 Å². The predicted molar refractivity (Wildman–Crippen MR) is 81.8 cm³/mol. The molecule has 0 unspecified atom stereocenters. The zero-order chi connectivity index (χ0) is 13.3. The molecule has 1 saturated carbocycles. The van der Waals surface area contributed by atoms with E-state index < -0.39 is 0 Å². The van der Waals surface area contributed by atoms with Gasteiger partial charge in [0, 0.05) is 19.1 Å². The van der Waals surface area contributed by atoms with Crippen molar-refractivity contribution in [3.8, 4) is 0 Å². The fraction of sp³-hybridized carbons (Fsp3) is 0.750. The maximum absolute atomic E-state index is 5.90. The van der Waals surface area contributed by atoms with E-state index in [-0.39, 0.29) is 0 Å². The van der Waals surface area contributed by atoms with Crippen molar-refractivity contribution in [2.24, 2.45) is 0 Å². The van der Waals surface area contributed by atoms with Crippen molar-refractivity contribution >= 4 is 34.1 Å². The van der Waals surface area contributed by atoms with Crippen LogP contribution in [0.4, 0.5) is 10.8 Å². The van der Waals surface area contributed by atoms with Crippen LogP contribution in [0.3, 0.4) is 0 Å². The van der Waals surface area contributed by atoms with Gasteiger partial charge in [-0.25, -0.2) is 0 Å². The minimum Gasteiger partial charge on any atom is -0.382 e. The predicted octanol–water partition coefficient (Wildman–Crippen LogP) is 2.37. The molecule has 1 aromatic rings. The van der Waals surface area contributed by atoms with Crippen LogP contribution in [0.2, 0.25) is 0 Å². The highest BCUT2D eigenvalue weighted by atomic mass is 32.2. The average molecular weight is 286 g/mol. The van der Waals surface area contributed by atoms with E-state index in [0.29, 0.717) is 11.4 Å². The van der Waals surface area contributed by atoms with Crippen LogP contribution in [-0.2, 0) is 0 Å². The van der Waals surface area contributed by atoms with E-state index in [9.17, 15) is 0 Å². The van der Waals surface area contributed by atoms with Gasteiger partial charge in [0.2, 0.25) is 0 Å². The molecule has 18 heavy (non-hydrogen) atoms. The maximum Gasteiger partial charge on any atom is 0.153 e. The molecule has 1 aliphatic rings. The van der Waals surface area contributed by atoms with Gasteiger partial charge in [-0.2, -0.15) is 4.37 Å². The third kappa shape index (κ3) is 2.33. The van der Waals surface area contributed by atoms with Gasteiger partial charge in [-0.3, -0.25) is 0 Å². The molecule has 0 radical (unpaired) electrons. The van der Waals surface area contributed by atoms with Gasteiger partial charge in [-0.15, -0.1) is 11.8 Å². The first kappa shape index (κ1) is 14.0. The summed E-state index contributed by atoms with van der Waals surface area (Å²) >= 11 is 3.19. The molecule has 0 aliphatic heterocycles. The van der Waals surface area contributed by atoms with Crippen LogP contribution < -0.4 is 10.6 Å². The molecule has 0 saturated heterocycles. The molecular weight excluding hydrogens is 264 g/mol. The van der Waals surface area contributed by atoms with Gasteiger partial charge in [0.25, 0.3) is 0 Å². The van der Waals surface area contributed by atoms with Crippen LogP contribution in [0.1, 0.15) is 19.3 Å². The summed E-state index contributed by atoms with van der Waals surface area (Å²) in [6.07, 6.45) is 5.97. The molecule has 0 bridgehead atoms. The molecule has 0 aromatic carbocycles. The van der Waals surface area contributed by atoms with Gasteiger partial charge in [0.15, 0.2) is 5.82 Å². The number of rotatable bonds is 5. The number of likely N-dealkylation sites (N-methyl/N-ethyl adjacent to an activating group) is 2. The normalized spacial score (nSPS) is 17.8. The molecule has 0 atom stereocenters. The first-order valence-electron chi connectivity index (χ1n) is 6.18. The number of thioether (sulfide) groups is 1. The average Bonchev–Trinajstić information content (AvgIpc) is 2.64. The molecule has 1 aromatic heterocycles. The molecule has 0 amide bonds. The summed E-state index contributed by atoms with van der Waals surface area (Å²) < 4.78 is 4.27. The van der Waals surface area contributed by atoms with Gasteiger partial charge >= 0.3 is 0 Å². The van der Waals surface area contributed by atoms with E-state index in [4.69, 9.17) is 5.73 Å². The summed E-state index contributed by atoms with van der Waals surface area (Å²) in [6, 6.07) is 0. The Labute approximate surface area is 118 Å². The summed E-state index contributed by atoms with van der Waals surface area (Å²) in [5.74, 6) is 0.668. The van der Waals surface area contributed by atoms with Crippen LogP contribution in [0.25, 0.3) is 0 Å². The molecular formula is C12H22N4S2. The second kappa shape index (κ2) is 5.27. The maximum atomic E-state index is 5.90. The van der Waals surface area contributed by atoms with Crippen LogP contribution in [0.5, 0.6) is 0 Å². The lowest BCUT2D eigenvalue weighted by Gasteiger charge is -2.49. The van der Waals surface area contributed by atoms with Gasteiger partial charge in [-0.1, -0.05) is 0 Å². The molecule has 102 valence electrons. The number of anilines is 2. The lowest BCUT2D eigenvalue weighted by Crippen LogP contribution is -2.56. The number of nitrogens with zero attached hydrogens (tertiary/aromatic N) is 3. The lowest BCUT2D eigenvalue weighted by atomic mass is 9.75. The quantitative estimate of drug-likeness (QED) is 0.842. The second-order valence-corrected chi connectivity index (χ2v) is 6.80. The Hall–Kier alpha value is -0.460. The third-order valence-electron chi connectivity index (χ3n) is 3.97. The van der Waals surface area contributed by atoms with Crippen LogP contribution in [0.15, 0.2) is 4.90 Å². The van der Waals surface area contributed by atoms with Gasteiger partial charge in [-0.05, 0) is 51.1 Å². The molecule has 0 spiro atoms. The van der Waals surface area contributed by atoms with Crippen LogP contribution in [-0.4, -0.2) is 48.8 Å². The van der Waals surface area contributed by atoms with Crippen molar-refractivity contribution in [3.63, 3.8) is 0 Å². The Bertz CT molecular complexity index is 412. The molecule has 2 rings (SSSR count). The highest BCUT2D eigenvalue weighted by molar-refractivity contribution is 7.99. The standard InChI is InChI=1S/C12H22N4S2/c1-15(2)12(6-5-7-12)8-16(3)11-9(17-4)10(13)14-18-11/h5-8H2,1-4H3,(H2,13,14). The van der Waals surface area contributed by atoms with Crippen LogP contribution in [0, 0.1) is 0 Å². The Kier molecular flexibility index (Phi) is 4.08. The number of nitrogen functional groups attached to an aromatic ring is 1. The summed E-state index contributed by atoms with van der Waals surface area (Å²) in [5, 5.41) is 1.20. The van der Waals surface area contributed by atoms with Crippen molar-refractivity contribution in [2.75, 3.05) is 44.6 Å². The Morgan fingerprint density at radius 2 is 2.06 bits per heavy atom. The van der Waals surface area contributed by atoms with Gasteiger partial charge in [0.1, 0.15) is 5.00 Å². The third-order valence-corrected chi connectivity index (χ3v) is 5.89. The van der Waals surface area contributed by atoms with E-state index in [1.807, 2.05) is 0 Å². The van der Waals surface area contributed by atoms with E-state index in [1.54, 1.807) is 11.8 Å². The monoisotopic (exact) mass is 286 g/mol. The molecule has 6 heteroatoms. The zero-order valence-electron chi connectivity index (χ0n) is 11.6. The number of hydrogen-bond acceptors (Lipinski definition) is 6. The molecule has 4 nitrogen and oxygen atoms in total. The summed E-state index contributed by atoms with van der Waals surface area (Å²) in [6.45, 7) is 1.05. The largest absolute Gasteiger partial charge is 0.382 e. The second-order valence-electron chi connectivity index (χ2n) is 5.23. The first-order valence-corrected chi connectivity index (χ1v) is 8.18. The first-order chi connectivity index (χ1) is 8.50. The Morgan fingerprint density at radius 1 is 1.39 bits per heavy atom. The number of aromatic nitrogens is 1. The number of nitrogens with two attached hydrogens (primary N) is 1. The van der Waals surface area contributed by atoms with Crippen molar-refractivity contribution in [3.05, 3.63) is 0 Å². The minimum absolute atomic E-state index is 0.336. The van der Waals surface area contributed by atoms with Gasteiger partial charge in [0.05, 0.1) is 4.90 Å². The van der Waals surface area contributed by atoms with Crippen molar-refractivity contribution in [2.45, 2.75) is 29.7 Å². The smallest absolute Gasteiger partial charge is 0.153 e. The van der Waals surface area contributed by atoms with Gasteiger partial charge < -0.3 is 15.5 Å². The Balaban J connectivity index is 2.14. The molecule has 1 fully saturated rings. The zero-order valence-corrected chi connectivity index (χ0v) is 13.2. The fourth-order valence-electron chi connectivity index (χ4n) is 2.56. The molecule has 2 N–H and O–H groups in total. The van der Waals surface area contributed by atoms with E-state index in [2.05, 4.69) is 41.6 Å². The van der Waals surface area contributed by atoms with E-state index >= 15 is 0 Å².